The van der Waals surface area contributed by atoms with E-state index >= 15 is 0 Å². The first-order chi connectivity index (χ1) is 8.66. The molecular formula is C15H15ClN2. The fourth-order valence-corrected chi connectivity index (χ4v) is 2.73. The van der Waals surface area contributed by atoms with Crippen molar-refractivity contribution in [1.29, 1.82) is 0 Å². The Morgan fingerprint density at radius 1 is 1.11 bits per heavy atom. The Kier molecular flexibility index (Phi) is 2.67. The molecule has 3 heteroatoms. The maximum absolute atomic E-state index is 6.18. The van der Waals surface area contributed by atoms with Crippen LogP contribution in [0.3, 0.4) is 0 Å². The fourth-order valence-electron chi connectivity index (χ4n) is 2.56. The number of fused-ring (bicyclic) bond motifs is 1. The van der Waals surface area contributed by atoms with Gasteiger partial charge in [0.25, 0.3) is 0 Å². The Labute approximate surface area is 112 Å². The Balaban J connectivity index is 1.99. The average Bonchev–Trinajstić information content (AvgIpc) is 2.78. The molecule has 0 saturated heterocycles. The minimum Gasteiger partial charge on any atom is -0.398 e. The van der Waals surface area contributed by atoms with Crippen molar-refractivity contribution < 1.29 is 0 Å². The van der Waals surface area contributed by atoms with Crippen molar-refractivity contribution in [1.82, 2.24) is 0 Å². The predicted octanol–water partition coefficient (Wildman–Crippen LogP) is 3.75. The van der Waals surface area contributed by atoms with Crippen LogP contribution < -0.4 is 10.6 Å². The highest BCUT2D eigenvalue weighted by Gasteiger charge is 2.22. The van der Waals surface area contributed by atoms with Gasteiger partial charge in [0.15, 0.2) is 0 Å². The number of halogens is 1. The number of nitrogen functional groups attached to an aromatic ring is 1. The summed E-state index contributed by atoms with van der Waals surface area (Å²) in [5.74, 6) is 0. The van der Waals surface area contributed by atoms with Crippen LogP contribution in [-0.2, 0) is 13.1 Å². The summed E-state index contributed by atoms with van der Waals surface area (Å²) in [4.78, 5) is 2.32. The van der Waals surface area contributed by atoms with Gasteiger partial charge in [-0.1, -0.05) is 29.8 Å². The van der Waals surface area contributed by atoms with Crippen LogP contribution in [0, 0.1) is 6.92 Å². The fraction of sp³-hybridized carbons (Fsp3) is 0.200. The first kappa shape index (κ1) is 11.4. The predicted molar refractivity (Wildman–Crippen MR) is 76.9 cm³/mol. The smallest absolute Gasteiger partial charge is 0.0457 e. The molecule has 1 aliphatic heterocycles. The van der Waals surface area contributed by atoms with Gasteiger partial charge in [-0.25, -0.2) is 0 Å². The lowest BCUT2D eigenvalue weighted by Crippen LogP contribution is -2.15. The molecule has 0 aromatic heterocycles. The molecule has 0 unspecified atom stereocenters. The molecule has 0 saturated carbocycles. The lowest BCUT2D eigenvalue weighted by atomic mass is 10.1. The molecular weight excluding hydrogens is 244 g/mol. The molecule has 3 rings (SSSR count). The van der Waals surface area contributed by atoms with Crippen LogP contribution in [0.4, 0.5) is 11.4 Å². The standard InChI is InChI=1S/C15H15ClN2/c1-10-13(16)5-3-7-15(10)18-8-11-4-2-6-14(17)12(11)9-18/h2-7H,8-9,17H2,1H3. The first-order valence-corrected chi connectivity index (χ1v) is 6.41. The van der Waals surface area contributed by atoms with Crippen molar-refractivity contribution >= 4 is 23.0 Å². The maximum Gasteiger partial charge on any atom is 0.0457 e. The van der Waals surface area contributed by atoms with E-state index in [1.54, 1.807) is 0 Å². The summed E-state index contributed by atoms with van der Waals surface area (Å²) >= 11 is 6.18. The van der Waals surface area contributed by atoms with Crippen LogP contribution in [0.1, 0.15) is 16.7 Å². The normalized spacial score (nSPS) is 13.8. The molecule has 2 aromatic carbocycles. The van der Waals surface area contributed by atoms with E-state index in [1.165, 1.54) is 16.8 Å². The molecule has 2 N–H and O–H groups in total. The second-order valence-corrected chi connectivity index (χ2v) is 5.13. The summed E-state index contributed by atoms with van der Waals surface area (Å²) in [6.45, 7) is 3.83. The van der Waals surface area contributed by atoms with Gasteiger partial charge >= 0.3 is 0 Å². The molecule has 0 amide bonds. The third-order valence-corrected chi connectivity index (χ3v) is 4.01. The molecule has 2 aromatic rings. The minimum absolute atomic E-state index is 0.816. The topological polar surface area (TPSA) is 29.3 Å². The zero-order valence-electron chi connectivity index (χ0n) is 10.3. The number of hydrogen-bond donors (Lipinski definition) is 1. The average molecular weight is 259 g/mol. The minimum atomic E-state index is 0.816. The van der Waals surface area contributed by atoms with Crippen molar-refractivity contribution in [3.63, 3.8) is 0 Å². The van der Waals surface area contributed by atoms with Crippen LogP contribution >= 0.6 is 11.6 Å². The Morgan fingerprint density at radius 2 is 1.89 bits per heavy atom. The molecule has 0 radical (unpaired) electrons. The van der Waals surface area contributed by atoms with E-state index in [1.807, 2.05) is 24.3 Å². The molecule has 0 spiro atoms. The third kappa shape index (κ3) is 1.73. The van der Waals surface area contributed by atoms with Crippen molar-refractivity contribution in [2.45, 2.75) is 20.0 Å². The molecule has 1 heterocycles. The second kappa shape index (κ2) is 4.21. The van der Waals surface area contributed by atoms with Crippen molar-refractivity contribution in [2.24, 2.45) is 0 Å². The van der Waals surface area contributed by atoms with Crippen LogP contribution in [0.25, 0.3) is 0 Å². The zero-order chi connectivity index (χ0) is 12.7. The van der Waals surface area contributed by atoms with Gasteiger partial charge in [0.05, 0.1) is 0 Å². The molecule has 18 heavy (non-hydrogen) atoms. The first-order valence-electron chi connectivity index (χ1n) is 6.03. The second-order valence-electron chi connectivity index (χ2n) is 4.72. The van der Waals surface area contributed by atoms with Gasteiger partial charge in [-0.3, -0.25) is 0 Å². The van der Waals surface area contributed by atoms with E-state index in [-0.39, 0.29) is 0 Å². The Hall–Kier alpha value is -1.67. The van der Waals surface area contributed by atoms with E-state index in [2.05, 4.69) is 24.0 Å². The summed E-state index contributed by atoms with van der Waals surface area (Å²) in [5, 5.41) is 0.816. The van der Waals surface area contributed by atoms with E-state index in [0.29, 0.717) is 0 Å². The quantitative estimate of drug-likeness (QED) is 0.790. The summed E-state index contributed by atoms with van der Waals surface area (Å²) in [5.41, 5.74) is 11.8. The van der Waals surface area contributed by atoms with Crippen LogP contribution in [0.2, 0.25) is 5.02 Å². The molecule has 0 fully saturated rings. The van der Waals surface area contributed by atoms with Gasteiger partial charge in [-0.05, 0) is 41.8 Å². The number of nitrogens with two attached hydrogens (primary N) is 1. The number of hydrogen-bond acceptors (Lipinski definition) is 2. The number of benzene rings is 2. The van der Waals surface area contributed by atoms with Crippen molar-refractivity contribution in [2.75, 3.05) is 10.6 Å². The third-order valence-electron chi connectivity index (χ3n) is 3.60. The number of anilines is 2. The molecule has 0 aliphatic carbocycles. The van der Waals surface area contributed by atoms with Gasteiger partial charge in [-0.2, -0.15) is 0 Å². The van der Waals surface area contributed by atoms with Gasteiger partial charge in [0.2, 0.25) is 0 Å². The van der Waals surface area contributed by atoms with Gasteiger partial charge in [0.1, 0.15) is 0 Å². The zero-order valence-corrected chi connectivity index (χ0v) is 11.0. The van der Waals surface area contributed by atoms with E-state index in [0.717, 1.165) is 29.4 Å². The highest BCUT2D eigenvalue weighted by atomic mass is 35.5. The van der Waals surface area contributed by atoms with Crippen LogP contribution in [-0.4, -0.2) is 0 Å². The maximum atomic E-state index is 6.18. The summed E-state index contributed by atoms with van der Waals surface area (Å²) < 4.78 is 0. The van der Waals surface area contributed by atoms with Gasteiger partial charge in [-0.15, -0.1) is 0 Å². The van der Waals surface area contributed by atoms with Crippen molar-refractivity contribution in [3.8, 4) is 0 Å². The SMILES string of the molecule is Cc1c(Cl)cccc1N1Cc2cccc(N)c2C1. The van der Waals surface area contributed by atoms with E-state index in [4.69, 9.17) is 17.3 Å². The lowest BCUT2D eigenvalue weighted by molar-refractivity contribution is 0.876. The molecule has 0 atom stereocenters. The monoisotopic (exact) mass is 258 g/mol. The van der Waals surface area contributed by atoms with Crippen molar-refractivity contribution in [3.05, 3.63) is 58.1 Å². The van der Waals surface area contributed by atoms with Gasteiger partial charge in [0, 0.05) is 29.5 Å². The van der Waals surface area contributed by atoms with Gasteiger partial charge < -0.3 is 10.6 Å². The largest absolute Gasteiger partial charge is 0.398 e. The lowest BCUT2D eigenvalue weighted by Gasteiger charge is -2.20. The summed E-state index contributed by atoms with van der Waals surface area (Å²) in [7, 11) is 0. The molecule has 92 valence electrons. The summed E-state index contributed by atoms with van der Waals surface area (Å²) in [6.07, 6.45) is 0. The number of rotatable bonds is 1. The molecule has 1 aliphatic rings. The Morgan fingerprint density at radius 3 is 2.67 bits per heavy atom. The van der Waals surface area contributed by atoms with E-state index < -0.39 is 0 Å². The highest BCUT2D eigenvalue weighted by molar-refractivity contribution is 6.31. The van der Waals surface area contributed by atoms with Crippen LogP contribution in [0.15, 0.2) is 36.4 Å². The van der Waals surface area contributed by atoms with Crippen LogP contribution in [0.5, 0.6) is 0 Å². The molecule has 0 bridgehead atoms. The highest BCUT2D eigenvalue weighted by Crippen LogP contribution is 2.34. The van der Waals surface area contributed by atoms with E-state index in [9.17, 15) is 0 Å². The summed E-state index contributed by atoms with van der Waals surface area (Å²) in [6, 6.07) is 12.2. The molecule has 2 nitrogen and oxygen atoms in total. The number of nitrogens with zero attached hydrogens (tertiary/aromatic N) is 1. The Bertz CT molecular complexity index is 607.